The van der Waals surface area contributed by atoms with Crippen LogP contribution in [0.4, 0.5) is 0 Å². The van der Waals surface area contributed by atoms with E-state index >= 15 is 0 Å². The van der Waals surface area contributed by atoms with Gasteiger partial charge in [0.1, 0.15) is 5.82 Å². The summed E-state index contributed by atoms with van der Waals surface area (Å²) in [6.45, 7) is 11.3. The minimum Gasteiger partial charge on any atom is -0.310 e. The third kappa shape index (κ3) is 2.64. The van der Waals surface area contributed by atoms with E-state index in [1.165, 1.54) is 0 Å². The smallest absolute Gasteiger partial charge is 0.254 e. The van der Waals surface area contributed by atoms with E-state index < -0.39 is 0 Å². The second-order valence-corrected chi connectivity index (χ2v) is 6.12. The highest BCUT2D eigenvalue weighted by molar-refractivity contribution is 5.22. The number of hydrogen-bond acceptors (Lipinski definition) is 3. The van der Waals surface area contributed by atoms with Crippen molar-refractivity contribution >= 4 is 0 Å². The molecule has 0 fully saturated rings. The third-order valence-electron chi connectivity index (χ3n) is 3.40. The molecule has 0 bridgehead atoms. The van der Waals surface area contributed by atoms with Gasteiger partial charge in [-0.05, 0) is 19.4 Å². The van der Waals surface area contributed by atoms with E-state index in [9.17, 15) is 4.79 Å². The lowest BCUT2D eigenvalue weighted by atomic mass is 9.95. The average molecular weight is 249 g/mol. The zero-order valence-electron chi connectivity index (χ0n) is 11.8. The largest absolute Gasteiger partial charge is 0.310 e. The normalized spacial score (nSPS) is 16.7. The Bertz CT molecular complexity index is 485. The van der Waals surface area contributed by atoms with Crippen LogP contribution in [0.25, 0.3) is 0 Å². The molecule has 2 heterocycles. The molecule has 0 saturated carbocycles. The van der Waals surface area contributed by atoms with Gasteiger partial charge >= 0.3 is 0 Å². The zero-order chi connectivity index (χ0) is 13.3. The highest BCUT2D eigenvalue weighted by Gasteiger charge is 2.24. The van der Waals surface area contributed by atoms with Gasteiger partial charge in [-0.15, -0.1) is 0 Å². The van der Waals surface area contributed by atoms with Gasteiger partial charge in [0, 0.05) is 24.1 Å². The number of fused-ring (bicyclic) bond motifs is 1. The molecular formula is C14H23N3O. The number of rotatable bonds is 2. The maximum atomic E-state index is 12.1. The lowest BCUT2D eigenvalue weighted by molar-refractivity contribution is 0.248. The predicted octanol–water partition coefficient (Wildman–Crippen LogP) is 1.84. The molecule has 0 spiro atoms. The minimum absolute atomic E-state index is 0.0565. The third-order valence-corrected chi connectivity index (χ3v) is 3.40. The monoisotopic (exact) mass is 249 g/mol. The molecule has 1 N–H and O–H groups in total. The molecule has 4 heteroatoms. The van der Waals surface area contributed by atoms with E-state index in [0.29, 0.717) is 0 Å². The summed E-state index contributed by atoms with van der Waals surface area (Å²) in [6, 6.07) is 0. The van der Waals surface area contributed by atoms with Crippen LogP contribution in [0.5, 0.6) is 0 Å². The van der Waals surface area contributed by atoms with Gasteiger partial charge in [-0.3, -0.25) is 9.69 Å². The summed E-state index contributed by atoms with van der Waals surface area (Å²) in [5.41, 5.74) is 1.81. The standard InChI is InChI=1S/C14H23N3O/c1-5-7-17-8-6-10-11(9-17)15-13(14(2,3)4)16-12(10)18/h5-9H2,1-4H3,(H,15,16,18). The maximum absolute atomic E-state index is 12.1. The topological polar surface area (TPSA) is 49.0 Å². The van der Waals surface area contributed by atoms with Gasteiger partial charge in [0.2, 0.25) is 0 Å². The van der Waals surface area contributed by atoms with Crippen molar-refractivity contribution in [2.75, 3.05) is 13.1 Å². The summed E-state index contributed by atoms with van der Waals surface area (Å²) < 4.78 is 0. The number of hydrogen-bond donors (Lipinski definition) is 1. The van der Waals surface area contributed by atoms with Crippen LogP contribution in [0.1, 0.15) is 51.2 Å². The van der Waals surface area contributed by atoms with Crippen LogP contribution in [0.3, 0.4) is 0 Å². The zero-order valence-corrected chi connectivity index (χ0v) is 11.8. The molecule has 100 valence electrons. The van der Waals surface area contributed by atoms with Crippen LogP contribution in [0.15, 0.2) is 4.79 Å². The van der Waals surface area contributed by atoms with Gasteiger partial charge in [0.05, 0.1) is 5.69 Å². The Morgan fingerprint density at radius 2 is 2.11 bits per heavy atom. The number of H-pyrrole nitrogens is 1. The van der Waals surface area contributed by atoms with Crippen LogP contribution in [0.2, 0.25) is 0 Å². The predicted molar refractivity (Wildman–Crippen MR) is 72.8 cm³/mol. The van der Waals surface area contributed by atoms with Crippen molar-refractivity contribution in [3.05, 3.63) is 27.4 Å². The molecule has 4 nitrogen and oxygen atoms in total. The van der Waals surface area contributed by atoms with Gasteiger partial charge < -0.3 is 4.98 Å². The van der Waals surface area contributed by atoms with Crippen molar-refractivity contribution in [1.82, 2.24) is 14.9 Å². The SMILES string of the molecule is CCCN1CCc2c(nc(C(C)(C)C)[nH]c2=O)C1. The van der Waals surface area contributed by atoms with Gasteiger partial charge in [0.25, 0.3) is 5.56 Å². The Kier molecular flexibility index (Phi) is 3.57. The molecule has 0 unspecified atom stereocenters. The molecule has 0 aliphatic carbocycles. The van der Waals surface area contributed by atoms with Gasteiger partial charge in [-0.2, -0.15) is 0 Å². The summed E-state index contributed by atoms with van der Waals surface area (Å²) in [7, 11) is 0. The first kappa shape index (κ1) is 13.3. The highest BCUT2D eigenvalue weighted by Crippen LogP contribution is 2.20. The Hall–Kier alpha value is -1.16. The summed E-state index contributed by atoms with van der Waals surface area (Å²) in [5.74, 6) is 0.796. The lowest BCUT2D eigenvalue weighted by Crippen LogP contribution is -2.37. The van der Waals surface area contributed by atoms with Crippen LogP contribution in [-0.4, -0.2) is 28.0 Å². The maximum Gasteiger partial charge on any atom is 0.254 e. The number of nitrogens with one attached hydrogen (secondary N) is 1. The van der Waals surface area contributed by atoms with Crippen molar-refractivity contribution in [2.45, 2.75) is 52.5 Å². The van der Waals surface area contributed by atoms with E-state index in [1.807, 2.05) is 0 Å². The minimum atomic E-state index is -0.110. The number of nitrogens with zero attached hydrogens (tertiary/aromatic N) is 2. The summed E-state index contributed by atoms with van der Waals surface area (Å²) in [4.78, 5) is 22.1. The second kappa shape index (κ2) is 4.84. The summed E-state index contributed by atoms with van der Waals surface area (Å²) in [6.07, 6.45) is 1.97. The van der Waals surface area contributed by atoms with Crippen molar-refractivity contribution in [2.24, 2.45) is 0 Å². The molecule has 0 saturated heterocycles. The van der Waals surface area contributed by atoms with E-state index in [1.54, 1.807) is 0 Å². The number of aromatic amines is 1. The first-order valence-electron chi connectivity index (χ1n) is 6.76. The second-order valence-electron chi connectivity index (χ2n) is 6.12. The quantitative estimate of drug-likeness (QED) is 0.870. The van der Waals surface area contributed by atoms with Crippen LogP contribution in [-0.2, 0) is 18.4 Å². The van der Waals surface area contributed by atoms with Gasteiger partial charge in [-0.25, -0.2) is 4.98 Å². The van der Waals surface area contributed by atoms with E-state index in [2.05, 4.69) is 42.6 Å². The molecular weight excluding hydrogens is 226 g/mol. The molecule has 1 aromatic heterocycles. The van der Waals surface area contributed by atoms with E-state index in [4.69, 9.17) is 0 Å². The summed E-state index contributed by atoms with van der Waals surface area (Å²) in [5, 5.41) is 0. The molecule has 0 radical (unpaired) electrons. The Morgan fingerprint density at radius 3 is 2.72 bits per heavy atom. The Morgan fingerprint density at radius 1 is 1.39 bits per heavy atom. The molecule has 0 amide bonds. The van der Waals surface area contributed by atoms with Gasteiger partial charge in [0.15, 0.2) is 0 Å². The highest BCUT2D eigenvalue weighted by atomic mass is 16.1. The van der Waals surface area contributed by atoms with Crippen LogP contribution in [0, 0.1) is 0 Å². The van der Waals surface area contributed by atoms with Crippen molar-refractivity contribution in [3.8, 4) is 0 Å². The molecule has 0 aromatic carbocycles. The molecule has 18 heavy (non-hydrogen) atoms. The van der Waals surface area contributed by atoms with E-state index in [0.717, 1.165) is 49.6 Å². The van der Waals surface area contributed by atoms with Crippen LogP contribution >= 0.6 is 0 Å². The van der Waals surface area contributed by atoms with Gasteiger partial charge in [-0.1, -0.05) is 27.7 Å². The lowest BCUT2D eigenvalue weighted by Gasteiger charge is -2.28. The fourth-order valence-electron chi connectivity index (χ4n) is 2.36. The Balaban J connectivity index is 2.37. The molecule has 1 aliphatic heterocycles. The molecule has 0 atom stereocenters. The molecule has 1 aromatic rings. The average Bonchev–Trinajstić information content (AvgIpc) is 2.27. The van der Waals surface area contributed by atoms with Crippen LogP contribution < -0.4 is 5.56 Å². The Labute approximate surface area is 108 Å². The molecule has 2 rings (SSSR count). The first-order chi connectivity index (χ1) is 8.41. The van der Waals surface area contributed by atoms with Crippen molar-refractivity contribution < 1.29 is 0 Å². The fourth-order valence-corrected chi connectivity index (χ4v) is 2.36. The van der Waals surface area contributed by atoms with Crippen molar-refractivity contribution in [1.29, 1.82) is 0 Å². The van der Waals surface area contributed by atoms with Crippen molar-refractivity contribution in [3.63, 3.8) is 0 Å². The molecule has 1 aliphatic rings. The number of aromatic nitrogens is 2. The summed E-state index contributed by atoms with van der Waals surface area (Å²) >= 11 is 0. The first-order valence-corrected chi connectivity index (χ1v) is 6.76. The van der Waals surface area contributed by atoms with E-state index in [-0.39, 0.29) is 11.0 Å². The fraction of sp³-hybridized carbons (Fsp3) is 0.714.